The lowest BCUT2D eigenvalue weighted by atomic mass is 10.1. The van der Waals surface area contributed by atoms with Crippen LogP contribution in [0.3, 0.4) is 0 Å². The molecule has 1 atom stereocenters. The molecule has 0 bridgehead atoms. The number of carbonyl (C=O) groups excluding carboxylic acids is 2. The van der Waals surface area contributed by atoms with Gasteiger partial charge < -0.3 is 15.4 Å². The van der Waals surface area contributed by atoms with Gasteiger partial charge in [-0.3, -0.25) is 9.59 Å². The van der Waals surface area contributed by atoms with Crippen LogP contribution < -0.4 is 10.6 Å². The highest BCUT2D eigenvalue weighted by molar-refractivity contribution is 5.97. The Labute approximate surface area is 131 Å². The van der Waals surface area contributed by atoms with Crippen LogP contribution in [-0.2, 0) is 9.53 Å². The van der Waals surface area contributed by atoms with Crippen LogP contribution >= 0.6 is 0 Å². The van der Waals surface area contributed by atoms with Crippen molar-refractivity contribution in [3.05, 3.63) is 29.3 Å². The van der Waals surface area contributed by atoms with Gasteiger partial charge in [-0.2, -0.15) is 0 Å². The monoisotopic (exact) mass is 304 g/mol. The van der Waals surface area contributed by atoms with Crippen molar-refractivity contribution in [2.45, 2.75) is 45.6 Å². The highest BCUT2D eigenvalue weighted by Gasteiger charge is 2.17. The molecule has 5 heteroatoms. The molecule has 120 valence electrons. The van der Waals surface area contributed by atoms with E-state index in [9.17, 15) is 9.59 Å². The second kappa shape index (κ2) is 7.94. The summed E-state index contributed by atoms with van der Waals surface area (Å²) in [7, 11) is 0. The molecule has 1 heterocycles. The fourth-order valence-corrected chi connectivity index (χ4v) is 2.45. The molecule has 1 fully saturated rings. The maximum absolute atomic E-state index is 12.2. The molecule has 5 nitrogen and oxygen atoms in total. The van der Waals surface area contributed by atoms with E-state index < -0.39 is 0 Å². The molecule has 2 rings (SSSR count). The van der Waals surface area contributed by atoms with Crippen LogP contribution in [0, 0.1) is 6.92 Å². The van der Waals surface area contributed by atoms with Gasteiger partial charge in [-0.25, -0.2) is 0 Å². The second-order valence-corrected chi connectivity index (χ2v) is 5.67. The van der Waals surface area contributed by atoms with Gasteiger partial charge in [0.2, 0.25) is 5.91 Å². The lowest BCUT2D eigenvalue weighted by molar-refractivity contribution is -0.116. The minimum Gasteiger partial charge on any atom is -0.376 e. The molecule has 0 unspecified atom stereocenters. The Morgan fingerprint density at radius 3 is 2.86 bits per heavy atom. The number of ether oxygens (including phenoxy) is 1. The summed E-state index contributed by atoms with van der Waals surface area (Å²) in [5.41, 5.74) is 2.19. The second-order valence-electron chi connectivity index (χ2n) is 5.67. The molecule has 1 aliphatic rings. The number of aryl methyl sites for hydroxylation is 1. The molecule has 1 aromatic carbocycles. The highest BCUT2D eigenvalue weighted by Crippen LogP contribution is 2.18. The van der Waals surface area contributed by atoms with Crippen molar-refractivity contribution in [3.63, 3.8) is 0 Å². The molecule has 0 aromatic heterocycles. The van der Waals surface area contributed by atoms with E-state index in [2.05, 4.69) is 10.6 Å². The van der Waals surface area contributed by atoms with Gasteiger partial charge in [0.1, 0.15) is 0 Å². The lowest BCUT2D eigenvalue weighted by Gasteiger charge is -2.13. The van der Waals surface area contributed by atoms with Gasteiger partial charge >= 0.3 is 0 Å². The molecule has 22 heavy (non-hydrogen) atoms. The van der Waals surface area contributed by atoms with Crippen LogP contribution in [0.5, 0.6) is 0 Å². The summed E-state index contributed by atoms with van der Waals surface area (Å²) >= 11 is 0. The molecule has 1 aliphatic heterocycles. The van der Waals surface area contributed by atoms with Crippen molar-refractivity contribution < 1.29 is 14.3 Å². The first kappa shape index (κ1) is 16.5. The topological polar surface area (TPSA) is 67.4 Å². The zero-order valence-corrected chi connectivity index (χ0v) is 13.3. The van der Waals surface area contributed by atoms with Gasteiger partial charge in [0.15, 0.2) is 0 Å². The molecule has 0 saturated carbocycles. The number of nitrogens with one attached hydrogen (secondary N) is 2. The van der Waals surface area contributed by atoms with Gasteiger partial charge in [-0.05, 0) is 43.9 Å². The van der Waals surface area contributed by atoms with Crippen LogP contribution in [0.25, 0.3) is 0 Å². The summed E-state index contributed by atoms with van der Waals surface area (Å²) < 4.78 is 5.49. The van der Waals surface area contributed by atoms with E-state index in [1.54, 1.807) is 12.1 Å². The SMILES string of the molecule is CCCC(=O)Nc1cc(C(=O)NC[C@@H]2CCCO2)ccc1C. The molecular formula is C17H24N2O3. The average Bonchev–Trinajstić information content (AvgIpc) is 3.00. The Hall–Kier alpha value is -1.88. The van der Waals surface area contributed by atoms with Crippen LogP contribution in [0.2, 0.25) is 0 Å². The first-order valence-corrected chi connectivity index (χ1v) is 7.90. The average molecular weight is 304 g/mol. The van der Waals surface area contributed by atoms with Crippen molar-refractivity contribution >= 4 is 17.5 Å². The zero-order chi connectivity index (χ0) is 15.9. The number of hydrogen-bond acceptors (Lipinski definition) is 3. The van der Waals surface area contributed by atoms with Gasteiger partial charge in [0.05, 0.1) is 6.10 Å². The number of benzene rings is 1. The lowest BCUT2D eigenvalue weighted by Crippen LogP contribution is -2.31. The zero-order valence-electron chi connectivity index (χ0n) is 13.3. The number of carbonyl (C=O) groups is 2. The summed E-state index contributed by atoms with van der Waals surface area (Å²) in [6.45, 7) is 5.18. The van der Waals surface area contributed by atoms with Gasteiger partial charge in [-0.1, -0.05) is 13.0 Å². The third-order valence-corrected chi connectivity index (χ3v) is 3.77. The van der Waals surface area contributed by atoms with Crippen LogP contribution in [0.15, 0.2) is 18.2 Å². The Morgan fingerprint density at radius 2 is 2.18 bits per heavy atom. The Kier molecular flexibility index (Phi) is 5.95. The van der Waals surface area contributed by atoms with Crippen molar-refractivity contribution in [2.75, 3.05) is 18.5 Å². The fourth-order valence-electron chi connectivity index (χ4n) is 2.45. The van der Waals surface area contributed by atoms with Crippen molar-refractivity contribution in [3.8, 4) is 0 Å². The summed E-state index contributed by atoms with van der Waals surface area (Å²) in [5, 5.41) is 5.75. The largest absolute Gasteiger partial charge is 0.376 e. The summed E-state index contributed by atoms with van der Waals surface area (Å²) in [4.78, 5) is 23.9. The normalized spacial score (nSPS) is 17.3. The molecule has 0 radical (unpaired) electrons. The standard InChI is InChI=1S/C17H24N2O3/c1-3-5-16(20)19-15-10-13(8-7-12(15)2)17(21)18-11-14-6-4-9-22-14/h7-8,10,14H,3-6,9,11H2,1-2H3,(H,18,21)(H,19,20)/t14-/m0/s1. The number of hydrogen-bond donors (Lipinski definition) is 2. The first-order valence-electron chi connectivity index (χ1n) is 7.90. The van der Waals surface area contributed by atoms with Crippen molar-refractivity contribution in [2.24, 2.45) is 0 Å². The number of anilines is 1. The molecule has 2 N–H and O–H groups in total. The molecular weight excluding hydrogens is 280 g/mol. The number of rotatable bonds is 6. The van der Waals surface area contributed by atoms with E-state index in [-0.39, 0.29) is 17.9 Å². The maximum atomic E-state index is 12.2. The Morgan fingerprint density at radius 1 is 1.36 bits per heavy atom. The Bertz CT molecular complexity index is 537. The molecule has 1 aromatic rings. The van der Waals surface area contributed by atoms with E-state index in [0.29, 0.717) is 24.2 Å². The minimum absolute atomic E-state index is 0.0255. The Balaban J connectivity index is 1.97. The third kappa shape index (κ3) is 4.56. The van der Waals surface area contributed by atoms with Crippen molar-refractivity contribution in [1.29, 1.82) is 0 Å². The molecule has 2 amide bonds. The smallest absolute Gasteiger partial charge is 0.251 e. The van der Waals surface area contributed by atoms with Crippen LogP contribution in [0.4, 0.5) is 5.69 Å². The van der Waals surface area contributed by atoms with E-state index in [1.807, 2.05) is 19.9 Å². The van der Waals surface area contributed by atoms with E-state index in [1.165, 1.54) is 0 Å². The predicted molar refractivity (Wildman–Crippen MR) is 86.0 cm³/mol. The van der Waals surface area contributed by atoms with Crippen molar-refractivity contribution in [1.82, 2.24) is 5.32 Å². The fraction of sp³-hybridized carbons (Fsp3) is 0.529. The summed E-state index contributed by atoms with van der Waals surface area (Å²) in [6, 6.07) is 5.35. The van der Waals surface area contributed by atoms with Crippen LogP contribution in [-0.4, -0.2) is 31.1 Å². The highest BCUT2D eigenvalue weighted by atomic mass is 16.5. The minimum atomic E-state index is -0.138. The quantitative estimate of drug-likeness (QED) is 0.849. The van der Waals surface area contributed by atoms with E-state index in [0.717, 1.165) is 31.4 Å². The number of amides is 2. The maximum Gasteiger partial charge on any atom is 0.251 e. The third-order valence-electron chi connectivity index (χ3n) is 3.77. The van der Waals surface area contributed by atoms with Gasteiger partial charge in [0, 0.05) is 30.8 Å². The van der Waals surface area contributed by atoms with Gasteiger partial charge in [-0.15, -0.1) is 0 Å². The molecule has 0 aliphatic carbocycles. The molecule has 0 spiro atoms. The predicted octanol–water partition coefficient (Wildman–Crippen LogP) is 2.64. The first-order chi connectivity index (χ1) is 10.6. The summed E-state index contributed by atoms with van der Waals surface area (Å²) in [5.74, 6) is -0.163. The van der Waals surface area contributed by atoms with E-state index in [4.69, 9.17) is 4.74 Å². The van der Waals surface area contributed by atoms with Gasteiger partial charge in [0.25, 0.3) is 5.91 Å². The van der Waals surface area contributed by atoms with E-state index >= 15 is 0 Å². The van der Waals surface area contributed by atoms with Crippen LogP contribution in [0.1, 0.15) is 48.5 Å². The summed E-state index contributed by atoms with van der Waals surface area (Å²) in [6.07, 6.45) is 3.45. The molecule has 1 saturated heterocycles.